The summed E-state index contributed by atoms with van der Waals surface area (Å²) in [5.41, 5.74) is 0. The van der Waals surface area contributed by atoms with E-state index in [1.54, 1.807) is 6.92 Å². The molecule has 0 saturated heterocycles. The molecule has 0 aromatic carbocycles. The number of rotatable bonds is 2. The van der Waals surface area contributed by atoms with Crippen molar-refractivity contribution < 1.29 is 24.9 Å². The van der Waals surface area contributed by atoms with Crippen LogP contribution in [0.4, 0.5) is 0 Å². The smallest absolute Gasteiger partial charge is 0.300 e. The van der Waals surface area contributed by atoms with Crippen molar-refractivity contribution in [2.24, 2.45) is 0 Å². The molecule has 0 aliphatic rings. The van der Waals surface area contributed by atoms with Gasteiger partial charge in [0.25, 0.3) is 5.97 Å². The van der Waals surface area contributed by atoms with E-state index in [0.717, 1.165) is 6.92 Å². The maximum Gasteiger partial charge on any atom is 0.300 e. The molecule has 86 valence electrons. The first-order valence-corrected chi connectivity index (χ1v) is 4.25. The summed E-state index contributed by atoms with van der Waals surface area (Å²) in [7, 11) is 0. The molecule has 0 aliphatic carbocycles. The quantitative estimate of drug-likeness (QED) is 0.612. The van der Waals surface area contributed by atoms with Crippen LogP contribution in [0.2, 0.25) is 0 Å². The van der Waals surface area contributed by atoms with E-state index in [4.69, 9.17) is 20.1 Å². The monoisotopic (exact) mass is 208 g/mol. The molecule has 0 rings (SSSR count). The Bertz CT molecular complexity index is 138. The number of aliphatic carboxylic acids is 1. The van der Waals surface area contributed by atoms with Gasteiger partial charge in [0.15, 0.2) is 0 Å². The fourth-order valence-corrected chi connectivity index (χ4v) is 0. The number of hydrogen-bond donors (Lipinski definition) is 3. The maximum atomic E-state index is 9.81. The molecule has 14 heavy (non-hydrogen) atoms. The van der Waals surface area contributed by atoms with Crippen LogP contribution in [-0.2, 0) is 9.59 Å². The standard InChI is InChI=1S/C4H8O.C3H8O2.C2H4O2/c1-3-4(2)5;1-3(5)2-4;1-2(3)4/h3H2,1-2H3;3-5H,2H2,1H3;1H3,(H,3,4). The molecule has 0 heterocycles. The second kappa shape index (κ2) is 14.6. The van der Waals surface area contributed by atoms with Gasteiger partial charge >= 0.3 is 0 Å². The van der Waals surface area contributed by atoms with E-state index < -0.39 is 12.1 Å². The summed E-state index contributed by atoms with van der Waals surface area (Å²) in [6.07, 6.45) is 0.106. The second-order valence-corrected chi connectivity index (χ2v) is 2.61. The van der Waals surface area contributed by atoms with Gasteiger partial charge in [-0.2, -0.15) is 0 Å². The molecule has 5 nitrogen and oxygen atoms in total. The minimum Gasteiger partial charge on any atom is -0.481 e. The average molecular weight is 208 g/mol. The highest BCUT2D eigenvalue weighted by Gasteiger charge is 1.83. The van der Waals surface area contributed by atoms with Crippen LogP contribution in [0.3, 0.4) is 0 Å². The predicted octanol–water partition coefficient (Wildman–Crippen LogP) is 0.436. The highest BCUT2D eigenvalue weighted by molar-refractivity contribution is 5.74. The Morgan fingerprint density at radius 3 is 1.43 bits per heavy atom. The lowest BCUT2D eigenvalue weighted by molar-refractivity contribution is -0.134. The van der Waals surface area contributed by atoms with Gasteiger partial charge in [0.2, 0.25) is 0 Å². The Kier molecular flexibility index (Phi) is 19.5. The SMILES string of the molecule is CC(=O)O.CC(O)CO.CCC(C)=O. The van der Waals surface area contributed by atoms with Crippen LogP contribution in [0.1, 0.15) is 34.1 Å². The zero-order valence-electron chi connectivity index (χ0n) is 9.15. The lowest BCUT2D eigenvalue weighted by Gasteiger charge is -1.90. The van der Waals surface area contributed by atoms with E-state index in [0.29, 0.717) is 6.42 Å². The van der Waals surface area contributed by atoms with Crippen molar-refractivity contribution in [3.63, 3.8) is 0 Å². The van der Waals surface area contributed by atoms with Crippen molar-refractivity contribution in [2.45, 2.75) is 40.2 Å². The molecule has 0 amide bonds. The molecule has 0 aliphatic heterocycles. The third kappa shape index (κ3) is 120. The van der Waals surface area contributed by atoms with Gasteiger partial charge in [-0.1, -0.05) is 6.92 Å². The van der Waals surface area contributed by atoms with Crippen molar-refractivity contribution >= 4 is 11.8 Å². The minimum absolute atomic E-state index is 0.139. The summed E-state index contributed by atoms with van der Waals surface area (Å²) in [4.78, 5) is 18.8. The van der Waals surface area contributed by atoms with Gasteiger partial charge in [-0.25, -0.2) is 0 Å². The molecular formula is C9H20O5. The summed E-state index contributed by atoms with van der Waals surface area (Å²) < 4.78 is 0. The molecule has 0 saturated carbocycles. The van der Waals surface area contributed by atoms with Gasteiger partial charge in [0, 0.05) is 13.3 Å². The molecule has 5 heteroatoms. The number of carbonyl (C=O) groups is 2. The van der Waals surface area contributed by atoms with Crippen LogP contribution in [-0.4, -0.2) is 39.8 Å². The maximum absolute atomic E-state index is 9.81. The molecule has 0 spiro atoms. The van der Waals surface area contributed by atoms with Gasteiger partial charge in [0.1, 0.15) is 5.78 Å². The first-order valence-electron chi connectivity index (χ1n) is 4.25. The number of hydrogen-bond acceptors (Lipinski definition) is 4. The lowest BCUT2D eigenvalue weighted by atomic mass is 10.4. The van der Waals surface area contributed by atoms with Gasteiger partial charge in [0.05, 0.1) is 12.7 Å². The number of carbonyl (C=O) groups excluding carboxylic acids is 1. The number of aliphatic hydroxyl groups excluding tert-OH is 2. The van der Waals surface area contributed by atoms with E-state index in [2.05, 4.69) is 0 Å². The first-order chi connectivity index (χ1) is 6.27. The summed E-state index contributed by atoms with van der Waals surface area (Å²) in [5.74, 6) is -0.579. The topological polar surface area (TPSA) is 94.8 Å². The van der Waals surface area contributed by atoms with Gasteiger partial charge in [-0.3, -0.25) is 4.79 Å². The molecule has 0 bridgehead atoms. The van der Waals surface area contributed by atoms with Crippen molar-refractivity contribution in [3.8, 4) is 0 Å². The zero-order chi connectivity index (χ0) is 12.1. The van der Waals surface area contributed by atoms with Crippen LogP contribution >= 0.6 is 0 Å². The van der Waals surface area contributed by atoms with Gasteiger partial charge < -0.3 is 20.1 Å². The highest BCUT2D eigenvalue weighted by atomic mass is 16.4. The summed E-state index contributed by atoms with van der Waals surface area (Å²) in [6, 6.07) is 0. The third-order valence-electron chi connectivity index (χ3n) is 0.762. The first kappa shape index (κ1) is 18.8. The second-order valence-electron chi connectivity index (χ2n) is 2.61. The van der Waals surface area contributed by atoms with Crippen LogP contribution in [0, 0.1) is 0 Å². The molecule has 1 atom stereocenters. The van der Waals surface area contributed by atoms with Gasteiger partial charge in [-0.15, -0.1) is 0 Å². The predicted molar refractivity (Wildman–Crippen MR) is 53.0 cm³/mol. The molecule has 1 unspecified atom stereocenters. The molecule has 0 fully saturated rings. The Labute approximate surface area is 84.4 Å². The Hall–Kier alpha value is -0.940. The fourth-order valence-electron chi connectivity index (χ4n) is 0. The summed E-state index contributed by atoms with van der Waals surface area (Å²) in [5, 5.41) is 23.4. The lowest BCUT2D eigenvalue weighted by Crippen LogP contribution is -2.03. The van der Waals surface area contributed by atoms with Crippen molar-refractivity contribution in [1.82, 2.24) is 0 Å². The molecule has 0 aromatic rings. The molecular weight excluding hydrogens is 188 g/mol. The fraction of sp³-hybridized carbons (Fsp3) is 0.778. The number of carboxylic acid groups (broad SMARTS) is 1. The van der Waals surface area contributed by atoms with E-state index in [1.807, 2.05) is 6.92 Å². The van der Waals surface area contributed by atoms with E-state index in [-0.39, 0.29) is 12.4 Å². The van der Waals surface area contributed by atoms with E-state index in [9.17, 15) is 4.79 Å². The normalized spacial score (nSPS) is 9.86. The summed E-state index contributed by atoms with van der Waals surface area (Å²) in [6.45, 7) is 5.91. The number of aliphatic hydroxyl groups is 2. The van der Waals surface area contributed by atoms with E-state index in [1.165, 1.54) is 6.92 Å². The number of Topliss-reactive ketones (excluding diaryl/α,β-unsaturated/α-hetero) is 1. The Morgan fingerprint density at radius 1 is 1.29 bits per heavy atom. The molecule has 3 N–H and O–H groups in total. The largest absolute Gasteiger partial charge is 0.481 e. The summed E-state index contributed by atoms with van der Waals surface area (Å²) >= 11 is 0. The molecule has 0 aromatic heterocycles. The van der Waals surface area contributed by atoms with Crippen LogP contribution in [0.25, 0.3) is 0 Å². The zero-order valence-corrected chi connectivity index (χ0v) is 9.15. The highest BCUT2D eigenvalue weighted by Crippen LogP contribution is 1.71. The van der Waals surface area contributed by atoms with E-state index >= 15 is 0 Å². The Morgan fingerprint density at radius 2 is 1.43 bits per heavy atom. The minimum atomic E-state index is -0.833. The molecule has 0 radical (unpaired) electrons. The van der Waals surface area contributed by atoms with Crippen LogP contribution in [0.15, 0.2) is 0 Å². The van der Waals surface area contributed by atoms with Crippen molar-refractivity contribution in [3.05, 3.63) is 0 Å². The number of carboxylic acids is 1. The number of ketones is 1. The van der Waals surface area contributed by atoms with Crippen molar-refractivity contribution in [1.29, 1.82) is 0 Å². The average Bonchev–Trinajstić information content (AvgIpc) is 2.04. The van der Waals surface area contributed by atoms with Gasteiger partial charge in [-0.05, 0) is 13.8 Å². The van der Waals surface area contributed by atoms with Crippen molar-refractivity contribution in [2.75, 3.05) is 6.61 Å². The Balaban J connectivity index is -0.000000131. The van der Waals surface area contributed by atoms with Crippen LogP contribution in [0.5, 0.6) is 0 Å². The van der Waals surface area contributed by atoms with Crippen LogP contribution < -0.4 is 0 Å². The third-order valence-corrected chi connectivity index (χ3v) is 0.762.